The van der Waals surface area contributed by atoms with Gasteiger partial charge in [0, 0.05) is 6.04 Å². The van der Waals surface area contributed by atoms with Crippen molar-refractivity contribution in [2.75, 3.05) is 13.2 Å². The van der Waals surface area contributed by atoms with E-state index in [0.717, 1.165) is 35.5 Å². The first-order chi connectivity index (χ1) is 11.1. The number of nitrogens with zero attached hydrogens (tertiary/aromatic N) is 2. The molecule has 23 heavy (non-hydrogen) atoms. The number of halogens is 1. The Kier molecular flexibility index (Phi) is 4.27. The van der Waals surface area contributed by atoms with E-state index in [4.69, 9.17) is 4.74 Å². The molecule has 1 saturated heterocycles. The minimum atomic E-state index is -0.801. The molecule has 0 radical (unpaired) electrons. The fraction of sp³-hybridized carbons (Fsp3) is 0.438. The molecule has 0 bridgehead atoms. The van der Waals surface area contributed by atoms with Gasteiger partial charge in [-0.15, -0.1) is 0 Å². The van der Waals surface area contributed by atoms with E-state index in [1.165, 1.54) is 24.3 Å². The van der Waals surface area contributed by atoms with Crippen molar-refractivity contribution < 1.29 is 23.5 Å². The fourth-order valence-electron chi connectivity index (χ4n) is 2.99. The first-order valence-electron chi connectivity index (χ1n) is 7.65. The smallest absolute Gasteiger partial charge is 0.334 e. The van der Waals surface area contributed by atoms with E-state index in [2.05, 4.69) is 0 Å². The van der Waals surface area contributed by atoms with Crippen molar-refractivity contribution in [3.05, 3.63) is 30.1 Å². The normalized spacial score (nSPS) is 19.1. The summed E-state index contributed by atoms with van der Waals surface area (Å²) in [7, 11) is 0. The number of carbonyl (C=O) groups is 3. The summed E-state index contributed by atoms with van der Waals surface area (Å²) in [5, 5.41) is 0. The molecular weight excluding hydrogens is 303 g/mol. The number of ether oxygens (including phenoxy) is 1. The second-order valence-electron chi connectivity index (χ2n) is 5.66. The first-order valence-corrected chi connectivity index (χ1v) is 7.65. The maximum Gasteiger partial charge on any atom is 0.334 e. The lowest BCUT2D eigenvalue weighted by molar-refractivity contribution is -0.144. The van der Waals surface area contributed by atoms with E-state index < -0.39 is 17.8 Å². The highest BCUT2D eigenvalue weighted by Crippen LogP contribution is 2.27. The number of urea groups is 1. The Morgan fingerprint density at radius 2 is 1.70 bits per heavy atom. The summed E-state index contributed by atoms with van der Waals surface area (Å²) in [6.45, 7) is 0.0406. The molecule has 0 aromatic heterocycles. The summed E-state index contributed by atoms with van der Waals surface area (Å²) in [6.07, 6.45) is 3.43. The summed E-state index contributed by atoms with van der Waals surface area (Å²) in [6, 6.07) is 4.70. The van der Waals surface area contributed by atoms with Crippen LogP contribution >= 0.6 is 0 Å². The Hall–Kier alpha value is -2.44. The van der Waals surface area contributed by atoms with E-state index >= 15 is 0 Å². The lowest BCUT2D eigenvalue weighted by atomic mass is 10.2. The van der Waals surface area contributed by atoms with Gasteiger partial charge in [0.05, 0.1) is 6.54 Å². The van der Waals surface area contributed by atoms with Gasteiger partial charge in [-0.05, 0) is 37.1 Å². The van der Waals surface area contributed by atoms with Gasteiger partial charge in [-0.25, -0.2) is 9.18 Å². The quantitative estimate of drug-likeness (QED) is 0.614. The predicted molar refractivity (Wildman–Crippen MR) is 78.1 cm³/mol. The second-order valence-corrected chi connectivity index (χ2v) is 5.66. The standard InChI is InChI=1S/C16H17FN2O4/c17-11-5-7-13(8-6-11)23-10-9-18-14(20)15(21)19(16(18)22)12-3-1-2-4-12/h5-8,12H,1-4,9-10H2. The highest BCUT2D eigenvalue weighted by molar-refractivity contribution is 6.44. The van der Waals surface area contributed by atoms with E-state index in [9.17, 15) is 18.8 Å². The average Bonchev–Trinajstić information content (AvgIpc) is 3.12. The van der Waals surface area contributed by atoms with Crippen LogP contribution in [0.25, 0.3) is 0 Å². The monoisotopic (exact) mass is 320 g/mol. The second kappa shape index (κ2) is 6.36. The third kappa shape index (κ3) is 3.04. The molecule has 1 heterocycles. The van der Waals surface area contributed by atoms with Gasteiger partial charge in [-0.3, -0.25) is 19.4 Å². The molecule has 1 aromatic rings. The largest absolute Gasteiger partial charge is 0.492 e. The molecule has 0 spiro atoms. The zero-order valence-corrected chi connectivity index (χ0v) is 12.5. The third-order valence-electron chi connectivity index (χ3n) is 4.17. The predicted octanol–water partition coefficient (Wildman–Crippen LogP) is 1.94. The van der Waals surface area contributed by atoms with Gasteiger partial charge >= 0.3 is 17.8 Å². The van der Waals surface area contributed by atoms with Crippen molar-refractivity contribution in [3.8, 4) is 5.75 Å². The SMILES string of the molecule is O=C1C(=O)N(C2CCCC2)C(=O)N1CCOc1ccc(F)cc1. The summed E-state index contributed by atoms with van der Waals surface area (Å²) in [5.41, 5.74) is 0. The summed E-state index contributed by atoms with van der Waals surface area (Å²) in [4.78, 5) is 38.3. The summed E-state index contributed by atoms with van der Waals surface area (Å²) in [5.74, 6) is -1.49. The fourth-order valence-corrected chi connectivity index (χ4v) is 2.99. The van der Waals surface area contributed by atoms with Crippen molar-refractivity contribution in [1.82, 2.24) is 9.80 Å². The van der Waals surface area contributed by atoms with Crippen molar-refractivity contribution in [1.29, 1.82) is 0 Å². The minimum Gasteiger partial charge on any atom is -0.492 e. The van der Waals surface area contributed by atoms with Crippen LogP contribution in [0.1, 0.15) is 25.7 Å². The molecule has 1 aliphatic heterocycles. The number of amides is 4. The van der Waals surface area contributed by atoms with Gasteiger partial charge in [-0.2, -0.15) is 0 Å². The van der Waals surface area contributed by atoms with Crippen LogP contribution in [-0.2, 0) is 9.59 Å². The zero-order valence-electron chi connectivity index (χ0n) is 12.5. The Morgan fingerprint density at radius 3 is 2.35 bits per heavy atom. The Balaban J connectivity index is 1.59. The molecule has 2 fully saturated rings. The average molecular weight is 320 g/mol. The van der Waals surface area contributed by atoms with Crippen LogP contribution in [0.5, 0.6) is 5.75 Å². The van der Waals surface area contributed by atoms with Gasteiger partial charge in [0.2, 0.25) is 0 Å². The lowest BCUT2D eigenvalue weighted by Gasteiger charge is -2.21. The van der Waals surface area contributed by atoms with Crippen molar-refractivity contribution in [2.24, 2.45) is 0 Å². The van der Waals surface area contributed by atoms with Gasteiger partial charge in [0.15, 0.2) is 0 Å². The molecule has 7 heteroatoms. The zero-order chi connectivity index (χ0) is 16.4. The van der Waals surface area contributed by atoms with Gasteiger partial charge < -0.3 is 4.74 Å². The van der Waals surface area contributed by atoms with Crippen LogP contribution in [0.2, 0.25) is 0 Å². The molecule has 4 amide bonds. The molecule has 2 aliphatic rings. The molecule has 1 aliphatic carbocycles. The molecule has 3 rings (SSSR count). The van der Waals surface area contributed by atoms with Crippen LogP contribution in [0.3, 0.4) is 0 Å². The maximum absolute atomic E-state index is 12.8. The molecule has 1 aromatic carbocycles. The van der Waals surface area contributed by atoms with Gasteiger partial charge in [0.25, 0.3) is 0 Å². The van der Waals surface area contributed by atoms with Gasteiger partial charge in [0.1, 0.15) is 18.2 Å². The van der Waals surface area contributed by atoms with Crippen LogP contribution in [0.4, 0.5) is 9.18 Å². The molecule has 6 nitrogen and oxygen atoms in total. The van der Waals surface area contributed by atoms with E-state index in [1.54, 1.807) is 0 Å². The number of hydrogen-bond donors (Lipinski definition) is 0. The molecular formula is C16H17FN2O4. The van der Waals surface area contributed by atoms with Crippen LogP contribution < -0.4 is 4.74 Å². The van der Waals surface area contributed by atoms with E-state index in [0.29, 0.717) is 5.75 Å². The van der Waals surface area contributed by atoms with Gasteiger partial charge in [-0.1, -0.05) is 12.8 Å². The Bertz CT molecular complexity index is 625. The minimum absolute atomic E-state index is 0.00992. The molecule has 0 atom stereocenters. The number of imide groups is 2. The van der Waals surface area contributed by atoms with Crippen LogP contribution in [0.15, 0.2) is 24.3 Å². The van der Waals surface area contributed by atoms with Crippen LogP contribution in [0, 0.1) is 5.82 Å². The number of rotatable bonds is 5. The summed E-state index contributed by atoms with van der Waals surface area (Å²) >= 11 is 0. The first kappa shape index (κ1) is 15.5. The van der Waals surface area contributed by atoms with Crippen molar-refractivity contribution >= 4 is 17.8 Å². The number of benzene rings is 1. The molecule has 122 valence electrons. The summed E-state index contributed by atoms with van der Waals surface area (Å²) < 4.78 is 18.2. The van der Waals surface area contributed by atoms with E-state index in [-0.39, 0.29) is 25.0 Å². The molecule has 0 unspecified atom stereocenters. The van der Waals surface area contributed by atoms with E-state index in [1.807, 2.05) is 0 Å². The maximum atomic E-state index is 12.8. The topological polar surface area (TPSA) is 66.9 Å². The van der Waals surface area contributed by atoms with Crippen molar-refractivity contribution in [2.45, 2.75) is 31.7 Å². The Morgan fingerprint density at radius 1 is 1.04 bits per heavy atom. The highest BCUT2D eigenvalue weighted by Gasteiger charge is 2.47. The molecule has 0 N–H and O–H groups in total. The Labute approximate surface area is 132 Å². The number of carbonyl (C=O) groups excluding carboxylic acids is 3. The van der Waals surface area contributed by atoms with Crippen molar-refractivity contribution in [3.63, 3.8) is 0 Å². The molecule has 1 saturated carbocycles. The number of hydrogen-bond acceptors (Lipinski definition) is 4. The third-order valence-corrected chi connectivity index (χ3v) is 4.17. The van der Waals surface area contributed by atoms with Crippen LogP contribution in [-0.4, -0.2) is 46.8 Å². The highest BCUT2D eigenvalue weighted by atomic mass is 19.1. The lowest BCUT2D eigenvalue weighted by Crippen LogP contribution is -2.40.